The first-order valence-corrected chi connectivity index (χ1v) is 11.8. The molecule has 1 aliphatic rings. The fraction of sp³-hybridized carbons (Fsp3) is 0.400. The molecule has 0 saturated heterocycles. The topological polar surface area (TPSA) is 132 Å². The normalized spacial score (nSPS) is 18.4. The molecule has 2 aromatic heterocycles. The van der Waals surface area contributed by atoms with E-state index in [9.17, 15) is 14.4 Å². The molecule has 0 amide bonds. The van der Waals surface area contributed by atoms with Gasteiger partial charge in [0.25, 0.3) is 0 Å². The highest BCUT2D eigenvalue weighted by molar-refractivity contribution is 5.87. The van der Waals surface area contributed by atoms with Crippen molar-refractivity contribution in [2.75, 3.05) is 0 Å². The van der Waals surface area contributed by atoms with Crippen LogP contribution in [0.15, 0.2) is 57.3 Å². The Balaban J connectivity index is 1.63. The fourth-order valence-corrected chi connectivity index (χ4v) is 4.29. The Kier molecular flexibility index (Phi) is 7.28. The van der Waals surface area contributed by atoms with Crippen LogP contribution in [-0.4, -0.2) is 30.2 Å². The highest BCUT2D eigenvalue weighted by atomic mass is 16.5. The van der Waals surface area contributed by atoms with Gasteiger partial charge in [0.15, 0.2) is 0 Å². The lowest BCUT2D eigenvalue weighted by Crippen LogP contribution is -2.50. The van der Waals surface area contributed by atoms with E-state index >= 15 is 0 Å². The van der Waals surface area contributed by atoms with Crippen LogP contribution in [0.2, 0.25) is 0 Å². The highest BCUT2D eigenvalue weighted by Gasteiger charge is 2.20. The summed E-state index contributed by atoms with van der Waals surface area (Å²) < 4.78 is 8.44. The second kappa shape index (κ2) is 10.5. The Labute approximate surface area is 201 Å². The maximum absolute atomic E-state index is 13.1. The molecule has 184 valence electrons. The van der Waals surface area contributed by atoms with Crippen LogP contribution in [0, 0.1) is 11.8 Å². The Morgan fingerprint density at radius 1 is 1.11 bits per heavy atom. The van der Waals surface area contributed by atoms with Crippen molar-refractivity contribution in [2.24, 2.45) is 16.8 Å². The van der Waals surface area contributed by atoms with Gasteiger partial charge in [-0.2, -0.15) is 0 Å². The van der Waals surface area contributed by atoms with E-state index in [0.717, 1.165) is 25.7 Å². The van der Waals surface area contributed by atoms with Gasteiger partial charge in [-0.3, -0.25) is 14.5 Å². The van der Waals surface area contributed by atoms with Crippen molar-refractivity contribution >= 4 is 11.7 Å². The number of aromatic carboxylic acids is 1. The Bertz CT molecular complexity index is 1380. The van der Waals surface area contributed by atoms with E-state index in [2.05, 4.69) is 21.9 Å². The number of benzene rings is 1. The molecule has 0 radical (unpaired) electrons. The summed E-state index contributed by atoms with van der Waals surface area (Å²) in [7, 11) is 0. The minimum atomic E-state index is -1.09. The summed E-state index contributed by atoms with van der Waals surface area (Å²) in [6, 6.07) is 8.12. The summed E-state index contributed by atoms with van der Waals surface area (Å²) in [6.45, 7) is 4.80. The minimum absolute atomic E-state index is 0.0249. The third-order valence-corrected chi connectivity index (χ3v) is 6.34. The van der Waals surface area contributed by atoms with E-state index in [1.165, 1.54) is 23.0 Å². The first kappa shape index (κ1) is 24.2. The van der Waals surface area contributed by atoms with Crippen molar-refractivity contribution in [1.29, 1.82) is 0 Å². The van der Waals surface area contributed by atoms with E-state index in [-0.39, 0.29) is 23.4 Å². The Morgan fingerprint density at radius 2 is 1.83 bits per heavy atom. The molecule has 0 bridgehead atoms. The van der Waals surface area contributed by atoms with Crippen LogP contribution in [-0.2, 0) is 13.1 Å². The van der Waals surface area contributed by atoms with Crippen molar-refractivity contribution in [3.05, 3.63) is 74.9 Å². The molecule has 1 aliphatic carbocycles. The van der Waals surface area contributed by atoms with Crippen LogP contribution < -0.4 is 21.7 Å². The number of hydrogen-bond acceptors (Lipinski definition) is 6. The molecule has 2 N–H and O–H groups in total. The van der Waals surface area contributed by atoms with Crippen LogP contribution in [0.25, 0.3) is 0 Å². The fourth-order valence-electron chi connectivity index (χ4n) is 4.29. The van der Waals surface area contributed by atoms with Gasteiger partial charge >= 0.3 is 17.3 Å². The number of pyridine rings is 1. The summed E-state index contributed by atoms with van der Waals surface area (Å²) in [5.74, 6) is 0.729. The smallest absolute Gasteiger partial charge is 0.337 e. The molecule has 0 unspecified atom stereocenters. The first-order valence-electron chi connectivity index (χ1n) is 11.8. The zero-order chi connectivity index (χ0) is 24.9. The molecule has 35 heavy (non-hydrogen) atoms. The van der Waals surface area contributed by atoms with Crippen molar-refractivity contribution in [2.45, 2.75) is 52.6 Å². The van der Waals surface area contributed by atoms with Gasteiger partial charge in [-0.15, -0.1) is 0 Å². The monoisotopic (exact) mass is 479 g/mol. The van der Waals surface area contributed by atoms with Gasteiger partial charge < -0.3 is 9.84 Å². The summed E-state index contributed by atoms with van der Waals surface area (Å²) in [5, 5.41) is 9.10. The summed E-state index contributed by atoms with van der Waals surface area (Å²) >= 11 is 0. The second-order valence-corrected chi connectivity index (χ2v) is 8.94. The largest absolute Gasteiger partial charge is 0.478 e. The molecule has 1 aromatic carbocycles. The number of aromatic nitrogens is 4. The molecule has 0 atom stereocenters. The van der Waals surface area contributed by atoms with Crippen molar-refractivity contribution in [3.8, 4) is 11.5 Å². The molecule has 0 aliphatic heterocycles. The Morgan fingerprint density at radius 3 is 2.49 bits per heavy atom. The molecule has 4 rings (SSSR count). The number of nitrogens with zero attached hydrogens (tertiary/aromatic N) is 4. The number of carbonyl (C=O) groups is 1. The number of aromatic amines is 1. The molecular formula is C25H29N5O5. The van der Waals surface area contributed by atoms with E-state index in [0.29, 0.717) is 35.6 Å². The van der Waals surface area contributed by atoms with Crippen molar-refractivity contribution < 1.29 is 14.6 Å². The molecule has 2 heterocycles. The van der Waals surface area contributed by atoms with E-state index < -0.39 is 11.7 Å². The average Bonchev–Trinajstić information content (AvgIpc) is 2.84. The Hall–Kier alpha value is -3.95. The predicted molar refractivity (Wildman–Crippen MR) is 129 cm³/mol. The van der Waals surface area contributed by atoms with Gasteiger partial charge in [0.1, 0.15) is 11.5 Å². The highest BCUT2D eigenvalue weighted by Crippen LogP contribution is 2.29. The van der Waals surface area contributed by atoms with Crippen molar-refractivity contribution in [3.63, 3.8) is 0 Å². The quantitative estimate of drug-likeness (QED) is 0.534. The zero-order valence-electron chi connectivity index (χ0n) is 19.8. The van der Waals surface area contributed by atoms with E-state index in [1.807, 2.05) is 0 Å². The maximum Gasteiger partial charge on any atom is 0.337 e. The number of H-pyrrole nitrogens is 1. The number of carboxylic acids is 1. The van der Waals surface area contributed by atoms with Gasteiger partial charge in [0.05, 0.1) is 17.4 Å². The van der Waals surface area contributed by atoms with E-state index in [4.69, 9.17) is 9.84 Å². The summed E-state index contributed by atoms with van der Waals surface area (Å²) in [4.78, 5) is 47.9. The van der Waals surface area contributed by atoms with Crippen LogP contribution in [0.3, 0.4) is 0 Å². The minimum Gasteiger partial charge on any atom is -0.478 e. The standard InChI is InChI=1S/C25H29N5O5/c1-3-29-24(33)28-23(30(25(29)34)15-17-6-4-16(2)5-7-17)27-19-8-10-20(11-9-19)35-21-12-18(22(31)32)13-26-14-21/h8-14,16-17H,3-7,15H2,1-2H3,(H,31,32)(H,27,28,33)/t16-,17-. The predicted octanol–water partition coefficient (Wildman–Crippen LogP) is 3.30. The number of carboxylic acid groups (broad SMARTS) is 1. The SMILES string of the molecule is CCn1c(=O)[nH]/c(=N\c2ccc(Oc3cncc(C(=O)O)c3)cc2)n(C[C@H]2CC[C@H](C)CC2)c1=O. The lowest BCUT2D eigenvalue weighted by atomic mass is 9.83. The molecule has 10 nitrogen and oxygen atoms in total. The summed E-state index contributed by atoms with van der Waals surface area (Å²) in [6.07, 6.45) is 7.02. The zero-order valence-corrected chi connectivity index (χ0v) is 19.8. The molecular weight excluding hydrogens is 450 g/mol. The number of nitrogens with one attached hydrogen (secondary N) is 1. The third kappa shape index (κ3) is 5.76. The van der Waals surface area contributed by atoms with Gasteiger partial charge in [-0.05, 0) is 61.9 Å². The number of ether oxygens (including phenoxy) is 1. The molecule has 1 fully saturated rings. The molecule has 0 spiro atoms. The van der Waals surface area contributed by atoms with Crippen LogP contribution >= 0.6 is 0 Å². The molecule has 10 heteroatoms. The van der Waals surface area contributed by atoms with Gasteiger partial charge in [-0.1, -0.05) is 19.8 Å². The van der Waals surface area contributed by atoms with Crippen LogP contribution in [0.5, 0.6) is 11.5 Å². The van der Waals surface area contributed by atoms with Crippen LogP contribution in [0.1, 0.15) is 49.9 Å². The average molecular weight is 480 g/mol. The molecule has 3 aromatic rings. The third-order valence-electron chi connectivity index (χ3n) is 6.34. The lowest BCUT2D eigenvalue weighted by molar-refractivity contribution is 0.0696. The van der Waals surface area contributed by atoms with Gasteiger partial charge in [0, 0.05) is 19.3 Å². The number of hydrogen-bond donors (Lipinski definition) is 2. The lowest BCUT2D eigenvalue weighted by Gasteiger charge is -2.26. The van der Waals surface area contributed by atoms with Gasteiger partial charge in [-0.25, -0.2) is 23.9 Å². The van der Waals surface area contributed by atoms with Crippen LogP contribution in [0.4, 0.5) is 5.69 Å². The molecule has 1 saturated carbocycles. The van der Waals surface area contributed by atoms with E-state index in [1.54, 1.807) is 35.8 Å². The maximum atomic E-state index is 13.1. The first-order chi connectivity index (χ1) is 16.8. The van der Waals surface area contributed by atoms with Gasteiger partial charge in [0.2, 0.25) is 5.62 Å². The second-order valence-electron chi connectivity index (χ2n) is 8.94. The summed E-state index contributed by atoms with van der Waals surface area (Å²) in [5.41, 5.74) is -0.0767. The van der Waals surface area contributed by atoms with Crippen molar-refractivity contribution in [1.82, 2.24) is 19.1 Å². The number of rotatable bonds is 7.